The first kappa shape index (κ1) is 16.2. The summed E-state index contributed by atoms with van der Waals surface area (Å²) >= 11 is 5.87. The molecule has 0 aliphatic carbocycles. The van der Waals surface area contributed by atoms with Crippen LogP contribution in [0.4, 0.5) is 0 Å². The lowest BCUT2D eigenvalue weighted by molar-refractivity contribution is 0.0937. The SMILES string of the molecule is COc1ccc(C(=O)NC(C)c2ccc(Cl)cc2)c(OC)c1. The lowest BCUT2D eigenvalue weighted by atomic mass is 10.1. The van der Waals surface area contributed by atoms with Gasteiger partial charge in [0.05, 0.1) is 25.8 Å². The molecule has 0 aliphatic heterocycles. The van der Waals surface area contributed by atoms with E-state index in [-0.39, 0.29) is 11.9 Å². The van der Waals surface area contributed by atoms with Gasteiger partial charge in [-0.25, -0.2) is 0 Å². The summed E-state index contributed by atoms with van der Waals surface area (Å²) in [6, 6.07) is 12.3. The molecule has 2 aromatic carbocycles. The number of benzene rings is 2. The molecule has 0 bridgehead atoms. The van der Waals surface area contributed by atoms with Crippen molar-refractivity contribution in [3.8, 4) is 11.5 Å². The first-order valence-electron chi connectivity index (χ1n) is 6.83. The number of carbonyl (C=O) groups is 1. The average Bonchev–Trinajstić information content (AvgIpc) is 2.54. The second kappa shape index (κ2) is 7.18. The Morgan fingerprint density at radius 2 is 1.77 bits per heavy atom. The minimum absolute atomic E-state index is 0.142. The second-order valence-electron chi connectivity index (χ2n) is 4.81. The Morgan fingerprint density at radius 1 is 1.09 bits per heavy atom. The predicted molar refractivity (Wildman–Crippen MR) is 86.9 cm³/mol. The number of hydrogen-bond donors (Lipinski definition) is 1. The number of amides is 1. The maximum Gasteiger partial charge on any atom is 0.255 e. The van der Waals surface area contributed by atoms with E-state index >= 15 is 0 Å². The van der Waals surface area contributed by atoms with Crippen molar-refractivity contribution in [2.75, 3.05) is 14.2 Å². The van der Waals surface area contributed by atoms with Crippen LogP contribution in [-0.2, 0) is 0 Å². The highest BCUT2D eigenvalue weighted by Crippen LogP contribution is 2.25. The van der Waals surface area contributed by atoms with Gasteiger partial charge in [0.2, 0.25) is 0 Å². The molecule has 0 spiro atoms. The van der Waals surface area contributed by atoms with E-state index in [2.05, 4.69) is 5.32 Å². The quantitative estimate of drug-likeness (QED) is 0.910. The lowest BCUT2D eigenvalue weighted by Crippen LogP contribution is -2.27. The largest absolute Gasteiger partial charge is 0.497 e. The van der Waals surface area contributed by atoms with Gasteiger partial charge >= 0.3 is 0 Å². The molecule has 1 N–H and O–H groups in total. The molecule has 0 fully saturated rings. The van der Waals surface area contributed by atoms with Gasteiger partial charge in [-0.2, -0.15) is 0 Å². The van der Waals surface area contributed by atoms with Crippen LogP contribution in [0.2, 0.25) is 5.02 Å². The molecule has 0 aromatic heterocycles. The number of nitrogens with one attached hydrogen (secondary N) is 1. The molecule has 1 amide bonds. The fraction of sp³-hybridized carbons (Fsp3) is 0.235. The smallest absolute Gasteiger partial charge is 0.255 e. The molecular formula is C17H18ClNO3. The van der Waals surface area contributed by atoms with Crippen molar-refractivity contribution in [2.24, 2.45) is 0 Å². The van der Waals surface area contributed by atoms with Crippen LogP contribution in [0.3, 0.4) is 0 Å². The minimum Gasteiger partial charge on any atom is -0.497 e. The molecule has 1 atom stereocenters. The summed E-state index contributed by atoms with van der Waals surface area (Å²) in [5, 5.41) is 3.61. The zero-order chi connectivity index (χ0) is 16.1. The van der Waals surface area contributed by atoms with Gasteiger partial charge in [-0.3, -0.25) is 4.79 Å². The zero-order valence-electron chi connectivity index (χ0n) is 12.7. The number of methoxy groups -OCH3 is 2. The van der Waals surface area contributed by atoms with Crippen LogP contribution in [0.5, 0.6) is 11.5 Å². The molecule has 0 aliphatic rings. The fourth-order valence-corrected chi connectivity index (χ4v) is 2.22. The highest BCUT2D eigenvalue weighted by atomic mass is 35.5. The van der Waals surface area contributed by atoms with E-state index in [4.69, 9.17) is 21.1 Å². The van der Waals surface area contributed by atoms with Crippen LogP contribution in [0.1, 0.15) is 28.9 Å². The number of rotatable bonds is 5. The average molecular weight is 320 g/mol. The molecule has 116 valence electrons. The number of ether oxygens (including phenoxy) is 2. The maximum atomic E-state index is 12.4. The Hall–Kier alpha value is -2.20. The van der Waals surface area contributed by atoms with Crippen LogP contribution < -0.4 is 14.8 Å². The number of hydrogen-bond acceptors (Lipinski definition) is 3. The van der Waals surface area contributed by atoms with E-state index in [1.54, 1.807) is 37.4 Å². The van der Waals surface area contributed by atoms with E-state index in [9.17, 15) is 4.79 Å². The van der Waals surface area contributed by atoms with Crippen molar-refractivity contribution in [3.05, 3.63) is 58.6 Å². The van der Waals surface area contributed by atoms with Crippen molar-refractivity contribution in [2.45, 2.75) is 13.0 Å². The van der Waals surface area contributed by atoms with Gasteiger partial charge in [0.25, 0.3) is 5.91 Å². The Morgan fingerprint density at radius 3 is 2.36 bits per heavy atom. The summed E-state index contributed by atoms with van der Waals surface area (Å²) in [5.41, 5.74) is 1.44. The molecule has 2 rings (SSSR count). The van der Waals surface area contributed by atoms with Gasteiger partial charge in [0.15, 0.2) is 0 Å². The standard InChI is InChI=1S/C17H18ClNO3/c1-11(12-4-6-13(18)7-5-12)19-17(20)15-9-8-14(21-2)10-16(15)22-3/h4-11H,1-3H3,(H,19,20). The van der Waals surface area contributed by atoms with Crippen molar-refractivity contribution in [1.82, 2.24) is 5.32 Å². The summed E-state index contributed by atoms with van der Waals surface area (Å²) in [7, 11) is 3.09. The minimum atomic E-state index is -0.207. The topological polar surface area (TPSA) is 47.6 Å². The Balaban J connectivity index is 2.16. The highest BCUT2D eigenvalue weighted by Gasteiger charge is 2.16. The van der Waals surface area contributed by atoms with E-state index in [0.717, 1.165) is 5.56 Å². The molecule has 22 heavy (non-hydrogen) atoms. The lowest BCUT2D eigenvalue weighted by Gasteiger charge is -2.16. The van der Waals surface area contributed by atoms with Gasteiger partial charge < -0.3 is 14.8 Å². The van der Waals surface area contributed by atoms with Crippen molar-refractivity contribution < 1.29 is 14.3 Å². The van der Waals surface area contributed by atoms with Crippen molar-refractivity contribution in [1.29, 1.82) is 0 Å². The molecule has 0 saturated carbocycles. The first-order chi connectivity index (χ1) is 10.5. The van der Waals surface area contributed by atoms with E-state index in [1.807, 2.05) is 19.1 Å². The molecule has 0 saturated heterocycles. The Labute approximate surface area is 135 Å². The monoisotopic (exact) mass is 319 g/mol. The Bertz CT molecular complexity index is 655. The van der Waals surface area contributed by atoms with Crippen LogP contribution in [-0.4, -0.2) is 20.1 Å². The second-order valence-corrected chi connectivity index (χ2v) is 5.25. The van der Waals surface area contributed by atoms with Crippen molar-refractivity contribution >= 4 is 17.5 Å². The van der Waals surface area contributed by atoms with Crippen LogP contribution >= 0.6 is 11.6 Å². The van der Waals surface area contributed by atoms with Gasteiger partial charge in [0.1, 0.15) is 11.5 Å². The third-order valence-corrected chi connectivity index (χ3v) is 3.62. The van der Waals surface area contributed by atoms with E-state index in [1.165, 1.54) is 7.11 Å². The molecule has 4 nitrogen and oxygen atoms in total. The van der Waals surface area contributed by atoms with Crippen LogP contribution in [0.15, 0.2) is 42.5 Å². The normalized spacial score (nSPS) is 11.6. The summed E-state index contributed by atoms with van der Waals surface area (Å²) in [6.45, 7) is 1.91. The molecule has 0 radical (unpaired) electrons. The van der Waals surface area contributed by atoms with Gasteiger partial charge in [-0.15, -0.1) is 0 Å². The molecular weight excluding hydrogens is 302 g/mol. The summed E-state index contributed by atoms with van der Waals surface area (Å²) in [6.07, 6.45) is 0. The predicted octanol–water partition coefficient (Wildman–Crippen LogP) is 3.85. The zero-order valence-corrected chi connectivity index (χ0v) is 13.5. The number of carbonyl (C=O) groups excluding carboxylic acids is 1. The van der Waals surface area contributed by atoms with Crippen molar-refractivity contribution in [3.63, 3.8) is 0 Å². The summed E-state index contributed by atoms with van der Waals surface area (Å²) < 4.78 is 10.4. The molecule has 1 unspecified atom stereocenters. The molecule has 5 heteroatoms. The van der Waals surface area contributed by atoms with Gasteiger partial charge in [0, 0.05) is 11.1 Å². The summed E-state index contributed by atoms with van der Waals surface area (Å²) in [5.74, 6) is 0.904. The molecule has 0 heterocycles. The summed E-state index contributed by atoms with van der Waals surface area (Å²) in [4.78, 5) is 12.4. The third-order valence-electron chi connectivity index (χ3n) is 3.37. The van der Waals surface area contributed by atoms with Crippen LogP contribution in [0.25, 0.3) is 0 Å². The first-order valence-corrected chi connectivity index (χ1v) is 7.21. The maximum absolute atomic E-state index is 12.4. The fourth-order valence-electron chi connectivity index (χ4n) is 2.10. The van der Waals surface area contributed by atoms with Gasteiger partial charge in [-0.05, 0) is 36.8 Å². The third kappa shape index (κ3) is 3.71. The van der Waals surface area contributed by atoms with E-state index in [0.29, 0.717) is 22.1 Å². The number of halogens is 1. The highest BCUT2D eigenvalue weighted by molar-refractivity contribution is 6.30. The Kier molecular flexibility index (Phi) is 5.28. The molecule has 2 aromatic rings. The van der Waals surface area contributed by atoms with E-state index < -0.39 is 0 Å². The van der Waals surface area contributed by atoms with Crippen LogP contribution in [0, 0.1) is 0 Å². The van der Waals surface area contributed by atoms with Gasteiger partial charge in [-0.1, -0.05) is 23.7 Å².